The van der Waals surface area contributed by atoms with Gasteiger partial charge in [0.15, 0.2) is 11.5 Å². The molecule has 8 heteroatoms. The molecule has 8 nitrogen and oxygen atoms in total. The van der Waals surface area contributed by atoms with Crippen LogP contribution in [0, 0.1) is 6.92 Å². The Hall–Kier alpha value is -4.07. The minimum atomic E-state index is -1.10. The predicted molar refractivity (Wildman–Crippen MR) is 127 cm³/mol. The average molecular weight is 469 g/mol. The van der Waals surface area contributed by atoms with Crippen LogP contribution in [0.2, 0.25) is 0 Å². The van der Waals surface area contributed by atoms with Gasteiger partial charge in [-0.3, -0.25) is 0 Å². The first-order chi connectivity index (χ1) is 16.4. The van der Waals surface area contributed by atoms with Gasteiger partial charge in [-0.1, -0.05) is 12.1 Å². The third-order valence-electron chi connectivity index (χ3n) is 5.43. The van der Waals surface area contributed by atoms with E-state index in [1.807, 2.05) is 13.0 Å². The monoisotopic (exact) mass is 468 g/mol. The van der Waals surface area contributed by atoms with Crippen molar-refractivity contribution in [3.63, 3.8) is 0 Å². The number of ether oxygens (including phenoxy) is 6. The van der Waals surface area contributed by atoms with E-state index in [-0.39, 0.29) is 11.3 Å². The highest BCUT2D eigenvalue weighted by atomic mass is 16.5. The fourth-order valence-electron chi connectivity index (χ4n) is 3.81. The fourth-order valence-corrected chi connectivity index (χ4v) is 3.81. The lowest BCUT2D eigenvalue weighted by Crippen LogP contribution is -2.06. The van der Waals surface area contributed by atoms with Crippen molar-refractivity contribution in [2.75, 3.05) is 35.5 Å². The molecule has 0 aliphatic heterocycles. The Bertz CT molecular complexity index is 1190. The smallest absolute Gasteiger partial charge is 0.339 e. The molecular formula is C26H28O8. The van der Waals surface area contributed by atoms with Gasteiger partial charge in [0.1, 0.15) is 22.8 Å². The van der Waals surface area contributed by atoms with E-state index in [0.29, 0.717) is 40.9 Å². The van der Waals surface area contributed by atoms with Gasteiger partial charge < -0.3 is 33.5 Å². The molecule has 0 unspecified atom stereocenters. The van der Waals surface area contributed by atoms with E-state index in [1.165, 1.54) is 14.2 Å². The van der Waals surface area contributed by atoms with Crippen LogP contribution in [-0.4, -0.2) is 46.6 Å². The summed E-state index contributed by atoms with van der Waals surface area (Å²) < 4.78 is 33.3. The molecule has 0 aromatic heterocycles. The Kier molecular flexibility index (Phi) is 7.73. The van der Waals surface area contributed by atoms with Crippen molar-refractivity contribution < 1.29 is 38.3 Å². The van der Waals surface area contributed by atoms with Crippen molar-refractivity contribution in [3.8, 4) is 40.2 Å². The van der Waals surface area contributed by atoms with Crippen molar-refractivity contribution in [3.05, 3.63) is 64.7 Å². The van der Waals surface area contributed by atoms with Gasteiger partial charge in [0.25, 0.3) is 0 Å². The molecule has 0 atom stereocenters. The van der Waals surface area contributed by atoms with E-state index < -0.39 is 5.97 Å². The van der Waals surface area contributed by atoms with Gasteiger partial charge in [0.05, 0.1) is 35.5 Å². The number of carboxylic acids is 1. The van der Waals surface area contributed by atoms with E-state index in [1.54, 1.807) is 57.7 Å². The van der Waals surface area contributed by atoms with Gasteiger partial charge in [-0.2, -0.15) is 0 Å². The number of hydrogen-bond donors (Lipinski definition) is 1. The van der Waals surface area contributed by atoms with Gasteiger partial charge in [-0.15, -0.1) is 0 Å². The molecule has 0 radical (unpaired) electrons. The minimum absolute atomic E-state index is 0.0318. The lowest BCUT2D eigenvalue weighted by atomic mass is 9.96. The Morgan fingerprint density at radius 2 is 1.38 bits per heavy atom. The van der Waals surface area contributed by atoms with Crippen molar-refractivity contribution in [1.82, 2.24) is 0 Å². The van der Waals surface area contributed by atoms with Gasteiger partial charge >= 0.3 is 5.97 Å². The second-order valence-electron chi connectivity index (χ2n) is 7.33. The highest BCUT2D eigenvalue weighted by molar-refractivity contribution is 5.91. The summed E-state index contributed by atoms with van der Waals surface area (Å²) in [4.78, 5) is 12.0. The van der Waals surface area contributed by atoms with Crippen LogP contribution in [0.5, 0.6) is 40.2 Å². The van der Waals surface area contributed by atoms with Crippen LogP contribution in [0.4, 0.5) is 0 Å². The zero-order valence-electron chi connectivity index (χ0n) is 20.1. The molecule has 0 aliphatic carbocycles. The molecule has 0 saturated heterocycles. The molecule has 0 bridgehead atoms. The summed E-state index contributed by atoms with van der Waals surface area (Å²) >= 11 is 0. The van der Waals surface area contributed by atoms with Gasteiger partial charge in [0, 0.05) is 23.6 Å². The first-order valence-electron chi connectivity index (χ1n) is 10.4. The summed E-state index contributed by atoms with van der Waals surface area (Å²) in [5.74, 6) is 2.03. The summed E-state index contributed by atoms with van der Waals surface area (Å²) in [6.45, 7) is 1.89. The largest absolute Gasteiger partial charge is 0.497 e. The zero-order chi connectivity index (χ0) is 24.8. The maximum Gasteiger partial charge on any atom is 0.339 e. The number of aromatic carboxylic acids is 1. The van der Waals surface area contributed by atoms with Crippen LogP contribution in [0.15, 0.2) is 42.5 Å². The summed E-state index contributed by atoms with van der Waals surface area (Å²) in [5, 5.41) is 9.84. The van der Waals surface area contributed by atoms with E-state index in [9.17, 15) is 9.90 Å². The molecule has 3 aromatic carbocycles. The SMILES string of the molecule is COc1cccc(Oc2ccc(Cc3c(C)c(OC)c(OC)c(OC)c3OC)cc2C(=O)O)c1. The number of carbonyl (C=O) groups is 1. The minimum Gasteiger partial charge on any atom is -0.497 e. The summed E-state index contributed by atoms with van der Waals surface area (Å²) in [6.07, 6.45) is 0.367. The molecule has 0 spiro atoms. The van der Waals surface area contributed by atoms with Gasteiger partial charge in [-0.05, 0) is 36.8 Å². The van der Waals surface area contributed by atoms with Crippen molar-refractivity contribution in [2.45, 2.75) is 13.3 Å². The molecule has 180 valence electrons. The maximum atomic E-state index is 12.0. The Morgan fingerprint density at radius 3 is 1.97 bits per heavy atom. The Labute approximate surface area is 198 Å². The standard InChI is InChI=1S/C26H28O8/c1-15-19(23(31-4)25(33-6)24(32-5)22(15)30-3)12-16-10-11-21(20(13-16)26(27)28)34-18-9-7-8-17(14-18)29-2/h7-11,13-14H,12H2,1-6H3,(H,27,28). The lowest BCUT2D eigenvalue weighted by molar-refractivity contribution is 0.0694. The number of rotatable bonds is 10. The lowest BCUT2D eigenvalue weighted by Gasteiger charge is -2.22. The third-order valence-corrected chi connectivity index (χ3v) is 5.43. The van der Waals surface area contributed by atoms with Crippen LogP contribution in [0.3, 0.4) is 0 Å². The highest BCUT2D eigenvalue weighted by Crippen LogP contribution is 2.49. The summed E-state index contributed by atoms with van der Waals surface area (Å²) in [7, 11) is 7.69. The molecular weight excluding hydrogens is 440 g/mol. The molecule has 0 saturated carbocycles. The molecule has 34 heavy (non-hydrogen) atoms. The zero-order valence-corrected chi connectivity index (χ0v) is 20.1. The van der Waals surface area contributed by atoms with Crippen molar-refractivity contribution in [2.24, 2.45) is 0 Å². The maximum absolute atomic E-state index is 12.0. The van der Waals surface area contributed by atoms with E-state index >= 15 is 0 Å². The normalized spacial score (nSPS) is 10.4. The molecule has 0 aliphatic rings. The Morgan fingerprint density at radius 1 is 0.765 bits per heavy atom. The fraction of sp³-hybridized carbons (Fsp3) is 0.269. The number of methoxy groups -OCH3 is 5. The van der Waals surface area contributed by atoms with Crippen LogP contribution < -0.4 is 28.4 Å². The van der Waals surface area contributed by atoms with Crippen molar-refractivity contribution >= 4 is 5.97 Å². The third kappa shape index (κ3) is 4.80. The first kappa shape index (κ1) is 24.6. The number of carboxylic acid groups (broad SMARTS) is 1. The molecule has 0 heterocycles. The first-order valence-corrected chi connectivity index (χ1v) is 10.4. The predicted octanol–water partition coefficient (Wildman–Crippen LogP) is 5.12. The summed E-state index contributed by atoms with van der Waals surface area (Å²) in [6, 6.07) is 12.0. The van der Waals surface area contributed by atoms with E-state index in [2.05, 4.69) is 0 Å². The average Bonchev–Trinajstić information content (AvgIpc) is 2.85. The quantitative estimate of drug-likeness (QED) is 0.438. The van der Waals surface area contributed by atoms with Gasteiger partial charge in [-0.25, -0.2) is 4.79 Å². The Balaban J connectivity index is 2.05. The molecule has 3 rings (SSSR count). The molecule has 1 N–H and O–H groups in total. The van der Waals surface area contributed by atoms with Crippen LogP contribution in [-0.2, 0) is 6.42 Å². The van der Waals surface area contributed by atoms with E-state index in [0.717, 1.165) is 16.7 Å². The summed E-state index contributed by atoms with van der Waals surface area (Å²) in [5.41, 5.74) is 2.36. The van der Waals surface area contributed by atoms with E-state index in [4.69, 9.17) is 28.4 Å². The van der Waals surface area contributed by atoms with Crippen molar-refractivity contribution in [1.29, 1.82) is 0 Å². The van der Waals surface area contributed by atoms with Crippen LogP contribution in [0.25, 0.3) is 0 Å². The second kappa shape index (κ2) is 10.7. The molecule has 0 amide bonds. The topological polar surface area (TPSA) is 92.7 Å². The molecule has 0 fully saturated rings. The second-order valence-corrected chi connectivity index (χ2v) is 7.33. The number of benzene rings is 3. The van der Waals surface area contributed by atoms with Crippen LogP contribution >= 0.6 is 0 Å². The number of hydrogen-bond acceptors (Lipinski definition) is 7. The van der Waals surface area contributed by atoms with Crippen LogP contribution in [0.1, 0.15) is 27.0 Å². The highest BCUT2D eigenvalue weighted by Gasteiger charge is 2.26. The van der Waals surface area contributed by atoms with Gasteiger partial charge in [0.2, 0.25) is 11.5 Å². The molecule has 3 aromatic rings.